The molecule has 0 fully saturated rings. The van der Waals surface area contributed by atoms with E-state index in [0.29, 0.717) is 0 Å². The van der Waals surface area contributed by atoms with Crippen LogP contribution in [0, 0.1) is 0 Å². The molecule has 12 heavy (non-hydrogen) atoms. The lowest BCUT2D eigenvalue weighted by atomic mass is 10.6. The molecule has 0 saturated heterocycles. The zero-order chi connectivity index (χ0) is 9.14. The van der Waals surface area contributed by atoms with Crippen LogP contribution in [-0.2, 0) is 19.2 Å². The largest absolute Gasteiger partial charge is 0.302 e. The second-order valence-electron chi connectivity index (χ2n) is 2.35. The van der Waals surface area contributed by atoms with Crippen molar-refractivity contribution in [3.05, 3.63) is 12.2 Å². The third-order valence-electron chi connectivity index (χ3n) is 1.53. The van der Waals surface area contributed by atoms with E-state index in [2.05, 4.69) is 10.7 Å². The van der Waals surface area contributed by atoms with E-state index in [9.17, 15) is 14.4 Å². The molecule has 0 bridgehead atoms. The van der Waals surface area contributed by atoms with Gasteiger partial charge in [0.2, 0.25) is 0 Å². The summed E-state index contributed by atoms with van der Waals surface area (Å²) in [5.41, 5.74) is 0. The molecule has 0 aromatic carbocycles. The Bertz CT molecular complexity index is 255. The molecule has 1 heterocycles. The summed E-state index contributed by atoms with van der Waals surface area (Å²) in [7, 11) is -2.61. The Balaban J connectivity index is 2.70. The highest BCUT2D eigenvalue weighted by atomic mass is 28.3. The van der Waals surface area contributed by atoms with Gasteiger partial charge in [0, 0.05) is 0 Å². The Morgan fingerprint density at radius 1 is 1.42 bits per heavy atom. The molecule has 1 aliphatic rings. The van der Waals surface area contributed by atoms with Gasteiger partial charge in [-0.2, -0.15) is 0 Å². The molecule has 0 radical (unpaired) electrons. The maximum atomic E-state index is 11.0. The first-order chi connectivity index (χ1) is 5.66. The molecule has 1 aliphatic heterocycles. The topological polar surface area (TPSA) is 86.5 Å². The van der Waals surface area contributed by atoms with Crippen molar-refractivity contribution >= 4 is 25.0 Å². The molecule has 0 amide bonds. The first-order valence-electron chi connectivity index (χ1n) is 3.27. The molecular formula is C6H7NO4Si. The molecule has 64 valence electrons. The monoisotopic (exact) mass is 185 g/mol. The lowest BCUT2D eigenvalue weighted by Crippen LogP contribution is -2.41. The van der Waals surface area contributed by atoms with Crippen molar-refractivity contribution in [1.29, 1.82) is 0 Å². The highest BCUT2D eigenvalue weighted by Gasteiger charge is 2.37. The minimum atomic E-state index is -2.61. The van der Waals surface area contributed by atoms with Crippen LogP contribution in [0.1, 0.15) is 0 Å². The van der Waals surface area contributed by atoms with Crippen LogP contribution in [0.15, 0.2) is 12.2 Å². The number of hydrogen-bond acceptors (Lipinski definition) is 5. The average Bonchev–Trinajstić information content (AvgIpc) is 2.32. The standard InChI is InChI=1S/C6H7NO4Si/c7-11-3-6(10)12-4(8)1-2-5(12)9/h1-2,12H,3,7H2. The summed E-state index contributed by atoms with van der Waals surface area (Å²) in [6.07, 6.45) is 2.29. The maximum Gasteiger partial charge on any atom is 0.279 e. The molecule has 0 spiro atoms. The predicted molar refractivity (Wildman–Crippen MR) is 41.4 cm³/mol. The van der Waals surface area contributed by atoms with Gasteiger partial charge in [0.15, 0.2) is 5.41 Å². The van der Waals surface area contributed by atoms with Crippen LogP contribution >= 0.6 is 0 Å². The molecule has 5 nitrogen and oxygen atoms in total. The Morgan fingerprint density at radius 3 is 2.33 bits per heavy atom. The van der Waals surface area contributed by atoms with Crippen LogP contribution in [-0.4, -0.2) is 31.6 Å². The van der Waals surface area contributed by atoms with Crippen molar-refractivity contribution in [2.24, 2.45) is 5.90 Å². The third-order valence-corrected chi connectivity index (χ3v) is 3.86. The normalized spacial score (nSPS) is 17.4. The summed E-state index contributed by atoms with van der Waals surface area (Å²) in [4.78, 5) is 37.0. The molecular weight excluding hydrogens is 178 g/mol. The van der Waals surface area contributed by atoms with E-state index in [1.54, 1.807) is 0 Å². The summed E-state index contributed by atoms with van der Waals surface area (Å²) in [6, 6.07) is 0. The van der Waals surface area contributed by atoms with Crippen molar-refractivity contribution in [2.45, 2.75) is 0 Å². The predicted octanol–water partition coefficient (Wildman–Crippen LogP) is -2.00. The minimum absolute atomic E-state index is 0.351. The van der Waals surface area contributed by atoms with E-state index < -0.39 is 14.2 Å². The Hall–Kier alpha value is -1.11. The molecule has 0 aromatic rings. The van der Waals surface area contributed by atoms with Crippen molar-refractivity contribution in [3.63, 3.8) is 0 Å². The second-order valence-corrected chi connectivity index (χ2v) is 5.00. The molecule has 2 N–H and O–H groups in total. The Morgan fingerprint density at radius 2 is 1.92 bits per heavy atom. The summed E-state index contributed by atoms with van der Waals surface area (Å²) < 4.78 is 0. The van der Waals surface area contributed by atoms with E-state index in [1.807, 2.05) is 0 Å². The Labute approximate surface area is 69.7 Å². The van der Waals surface area contributed by atoms with Crippen LogP contribution in [0.3, 0.4) is 0 Å². The molecule has 0 aromatic heterocycles. The SMILES string of the molecule is NOCC(=O)[SiH]1C(=O)C=CC1=O. The van der Waals surface area contributed by atoms with Gasteiger partial charge in [-0.25, -0.2) is 5.90 Å². The van der Waals surface area contributed by atoms with Crippen molar-refractivity contribution in [1.82, 2.24) is 0 Å². The van der Waals surface area contributed by atoms with Gasteiger partial charge in [-0.05, 0) is 12.2 Å². The zero-order valence-electron chi connectivity index (χ0n) is 6.15. The number of carbonyl (C=O) groups excluding carboxylic acids is 3. The van der Waals surface area contributed by atoms with Gasteiger partial charge in [-0.1, -0.05) is 0 Å². The smallest absolute Gasteiger partial charge is 0.279 e. The molecule has 0 aliphatic carbocycles. The number of carbonyl (C=O) groups is 3. The maximum absolute atomic E-state index is 11.0. The summed E-state index contributed by atoms with van der Waals surface area (Å²) >= 11 is 0. The summed E-state index contributed by atoms with van der Waals surface area (Å²) in [6.45, 7) is -0.351. The third kappa shape index (κ3) is 1.55. The fraction of sp³-hybridized carbons (Fsp3) is 0.167. The molecule has 1 rings (SSSR count). The highest BCUT2D eigenvalue weighted by Crippen LogP contribution is 2.01. The zero-order valence-corrected chi connectivity index (χ0v) is 7.30. The van der Waals surface area contributed by atoms with Crippen LogP contribution < -0.4 is 5.90 Å². The highest BCUT2D eigenvalue weighted by molar-refractivity contribution is 7.31. The average molecular weight is 185 g/mol. The van der Waals surface area contributed by atoms with Crippen LogP contribution in [0.4, 0.5) is 0 Å². The fourth-order valence-electron chi connectivity index (χ4n) is 0.980. The molecule has 0 atom stereocenters. The van der Waals surface area contributed by atoms with Crippen LogP contribution in [0.25, 0.3) is 0 Å². The number of rotatable bonds is 3. The second kappa shape index (κ2) is 3.52. The molecule has 0 saturated carbocycles. The van der Waals surface area contributed by atoms with Crippen LogP contribution in [0.2, 0.25) is 0 Å². The van der Waals surface area contributed by atoms with E-state index >= 15 is 0 Å². The minimum Gasteiger partial charge on any atom is -0.302 e. The molecule has 0 unspecified atom stereocenters. The van der Waals surface area contributed by atoms with E-state index in [1.165, 1.54) is 0 Å². The van der Waals surface area contributed by atoms with Gasteiger partial charge in [0.25, 0.3) is 8.80 Å². The van der Waals surface area contributed by atoms with Gasteiger partial charge in [0.05, 0.1) is 0 Å². The first kappa shape index (κ1) is 8.98. The summed E-state index contributed by atoms with van der Waals surface area (Å²) in [5.74, 6) is 4.65. The quantitative estimate of drug-likeness (QED) is 0.406. The van der Waals surface area contributed by atoms with E-state index in [0.717, 1.165) is 12.2 Å². The fourth-order valence-corrected chi connectivity index (χ4v) is 2.74. The van der Waals surface area contributed by atoms with Gasteiger partial charge >= 0.3 is 0 Å². The first-order valence-corrected chi connectivity index (χ1v) is 5.00. The van der Waals surface area contributed by atoms with Gasteiger partial charge < -0.3 is 4.79 Å². The van der Waals surface area contributed by atoms with Crippen LogP contribution in [0.5, 0.6) is 0 Å². The van der Waals surface area contributed by atoms with E-state index in [-0.39, 0.29) is 17.4 Å². The van der Waals surface area contributed by atoms with Gasteiger partial charge in [0.1, 0.15) is 17.4 Å². The number of hydrogen-bond donors (Lipinski definition) is 1. The van der Waals surface area contributed by atoms with Crippen molar-refractivity contribution in [2.75, 3.05) is 6.61 Å². The van der Waals surface area contributed by atoms with E-state index in [4.69, 9.17) is 0 Å². The lowest BCUT2D eigenvalue weighted by Gasteiger charge is -2.00. The summed E-state index contributed by atoms with van der Waals surface area (Å²) in [5, 5.41) is -1.18. The van der Waals surface area contributed by atoms with Crippen molar-refractivity contribution in [3.8, 4) is 0 Å². The van der Waals surface area contributed by atoms with Gasteiger partial charge in [-0.15, -0.1) is 0 Å². The Kier molecular flexibility index (Phi) is 2.64. The van der Waals surface area contributed by atoms with Gasteiger partial charge in [-0.3, -0.25) is 14.4 Å². The lowest BCUT2D eigenvalue weighted by molar-refractivity contribution is -0.118. The number of allylic oxidation sites excluding steroid dienone is 2. The van der Waals surface area contributed by atoms with Crippen molar-refractivity contribution < 1.29 is 19.2 Å². The number of nitrogens with two attached hydrogens (primary N) is 1. The molecule has 6 heteroatoms.